The number of carbonyl (C=O) groups excluding carboxylic acids is 2. The van der Waals surface area contributed by atoms with Gasteiger partial charge in [0.25, 0.3) is 11.8 Å². The second-order valence-electron chi connectivity index (χ2n) is 6.32. The summed E-state index contributed by atoms with van der Waals surface area (Å²) < 4.78 is 45.6. The fraction of sp³-hybridized carbons (Fsp3) is 0.263. The van der Waals surface area contributed by atoms with Crippen LogP contribution in [0.3, 0.4) is 0 Å². The molecule has 0 saturated heterocycles. The maximum absolute atomic E-state index is 13.7. The molecule has 156 valence electrons. The van der Waals surface area contributed by atoms with Crippen molar-refractivity contribution in [3.05, 3.63) is 59.4 Å². The van der Waals surface area contributed by atoms with Gasteiger partial charge in [0.15, 0.2) is 6.61 Å². The third-order valence-electron chi connectivity index (χ3n) is 3.93. The Morgan fingerprint density at radius 3 is 2.28 bits per heavy atom. The first-order chi connectivity index (χ1) is 13.6. The Hall–Kier alpha value is -2.98. The van der Waals surface area contributed by atoms with Crippen LogP contribution in [0.4, 0.5) is 4.39 Å². The van der Waals surface area contributed by atoms with E-state index in [0.717, 1.165) is 23.3 Å². The molecule has 0 fully saturated rings. The first-order valence-electron chi connectivity index (χ1n) is 8.66. The molecule has 0 bridgehead atoms. The summed E-state index contributed by atoms with van der Waals surface area (Å²) in [6.45, 7) is 4.59. The van der Waals surface area contributed by atoms with E-state index in [1.54, 1.807) is 0 Å². The summed E-state index contributed by atoms with van der Waals surface area (Å²) in [5.74, 6) is -1.83. The van der Waals surface area contributed by atoms with E-state index in [0.29, 0.717) is 5.75 Å². The Balaban J connectivity index is 1.87. The highest BCUT2D eigenvalue weighted by Crippen LogP contribution is 2.22. The number of amides is 2. The van der Waals surface area contributed by atoms with E-state index in [1.807, 2.05) is 36.8 Å². The van der Waals surface area contributed by atoms with E-state index in [-0.39, 0.29) is 6.61 Å². The molecular weight excluding hydrogens is 401 g/mol. The van der Waals surface area contributed by atoms with Gasteiger partial charge in [-0.25, -0.2) is 12.8 Å². The standard InChI is InChI=1S/C19H22FN3O5S/c1-12-7-6-8-13(2)18(12)28-11-17(24)21-22-19(25)14(3)23-29(26,27)16-10-5-4-9-15(16)20/h4-10,14,23H,11H2,1-3H3,(H,21,24)(H,22,25)/t14-/m0/s1. The van der Waals surface area contributed by atoms with Crippen molar-refractivity contribution >= 4 is 21.8 Å². The van der Waals surface area contributed by atoms with Gasteiger partial charge in [0.05, 0.1) is 6.04 Å². The number of aryl methyl sites for hydroxylation is 2. The van der Waals surface area contributed by atoms with Crippen LogP contribution < -0.4 is 20.3 Å². The van der Waals surface area contributed by atoms with Crippen LogP contribution >= 0.6 is 0 Å². The number of para-hydroxylation sites is 1. The second-order valence-corrected chi connectivity index (χ2v) is 8.00. The molecule has 1 atom stereocenters. The molecule has 0 radical (unpaired) electrons. The summed E-state index contributed by atoms with van der Waals surface area (Å²) in [6.07, 6.45) is 0. The van der Waals surface area contributed by atoms with Gasteiger partial charge in [-0.05, 0) is 44.0 Å². The number of benzene rings is 2. The second kappa shape index (κ2) is 9.48. The molecule has 2 rings (SSSR count). The molecule has 0 heterocycles. The van der Waals surface area contributed by atoms with Crippen molar-refractivity contribution in [3.63, 3.8) is 0 Å². The molecule has 29 heavy (non-hydrogen) atoms. The number of hydrazine groups is 1. The van der Waals surface area contributed by atoms with Crippen molar-refractivity contribution in [1.82, 2.24) is 15.6 Å². The zero-order valence-corrected chi connectivity index (χ0v) is 17.0. The molecule has 0 aliphatic rings. The van der Waals surface area contributed by atoms with Crippen LogP contribution in [0.1, 0.15) is 18.1 Å². The largest absolute Gasteiger partial charge is 0.483 e. The Bertz CT molecular complexity index is 990. The molecule has 0 spiro atoms. The lowest BCUT2D eigenvalue weighted by atomic mass is 10.1. The Labute approximate surface area is 168 Å². The van der Waals surface area contributed by atoms with Gasteiger partial charge < -0.3 is 4.74 Å². The summed E-state index contributed by atoms with van der Waals surface area (Å²) >= 11 is 0. The molecule has 2 aromatic rings. The molecule has 8 nitrogen and oxygen atoms in total. The predicted molar refractivity (Wildman–Crippen MR) is 104 cm³/mol. The van der Waals surface area contributed by atoms with E-state index in [2.05, 4.69) is 10.9 Å². The predicted octanol–water partition coefficient (Wildman–Crippen LogP) is 1.34. The van der Waals surface area contributed by atoms with Crippen LogP contribution in [0.2, 0.25) is 0 Å². The van der Waals surface area contributed by atoms with Crippen molar-refractivity contribution in [2.75, 3.05) is 6.61 Å². The zero-order valence-electron chi connectivity index (χ0n) is 16.2. The quantitative estimate of drug-likeness (QED) is 0.582. The lowest BCUT2D eigenvalue weighted by molar-refractivity contribution is -0.130. The number of sulfonamides is 1. The smallest absolute Gasteiger partial charge is 0.276 e. The summed E-state index contributed by atoms with van der Waals surface area (Å²) in [4.78, 5) is 23.3. The van der Waals surface area contributed by atoms with Gasteiger partial charge in [-0.2, -0.15) is 4.72 Å². The van der Waals surface area contributed by atoms with Gasteiger partial charge in [0.1, 0.15) is 16.5 Å². The monoisotopic (exact) mass is 423 g/mol. The Morgan fingerprint density at radius 1 is 1.03 bits per heavy atom. The lowest BCUT2D eigenvalue weighted by Gasteiger charge is -2.16. The minimum Gasteiger partial charge on any atom is -0.483 e. The van der Waals surface area contributed by atoms with Gasteiger partial charge in [0.2, 0.25) is 10.0 Å². The molecule has 10 heteroatoms. The van der Waals surface area contributed by atoms with Crippen LogP contribution in [-0.4, -0.2) is 32.9 Å². The summed E-state index contributed by atoms with van der Waals surface area (Å²) in [5.41, 5.74) is 5.95. The summed E-state index contributed by atoms with van der Waals surface area (Å²) in [7, 11) is -4.25. The fourth-order valence-electron chi connectivity index (χ4n) is 2.45. The minimum absolute atomic E-state index is 0.346. The highest BCUT2D eigenvalue weighted by Gasteiger charge is 2.24. The normalized spacial score (nSPS) is 12.1. The number of halogens is 1. The SMILES string of the molecule is Cc1cccc(C)c1OCC(=O)NNC(=O)[C@H](C)NS(=O)(=O)c1ccccc1F. The molecule has 2 aromatic carbocycles. The maximum Gasteiger partial charge on any atom is 0.276 e. The van der Waals surface area contributed by atoms with Crippen LogP contribution in [0, 0.1) is 19.7 Å². The van der Waals surface area contributed by atoms with Gasteiger partial charge in [0, 0.05) is 0 Å². The first kappa shape index (κ1) is 22.3. The number of hydrogen-bond acceptors (Lipinski definition) is 5. The van der Waals surface area contributed by atoms with E-state index in [4.69, 9.17) is 4.74 Å². The van der Waals surface area contributed by atoms with Crippen LogP contribution in [0.15, 0.2) is 47.4 Å². The van der Waals surface area contributed by atoms with Gasteiger partial charge in [-0.3, -0.25) is 20.4 Å². The molecule has 0 aliphatic heterocycles. The molecule has 0 aromatic heterocycles. The van der Waals surface area contributed by atoms with E-state index in [9.17, 15) is 22.4 Å². The molecule has 2 amide bonds. The van der Waals surface area contributed by atoms with Crippen molar-refractivity contribution < 1.29 is 27.1 Å². The van der Waals surface area contributed by atoms with Crippen LogP contribution in [-0.2, 0) is 19.6 Å². The maximum atomic E-state index is 13.7. The highest BCUT2D eigenvalue weighted by molar-refractivity contribution is 7.89. The average molecular weight is 423 g/mol. The van der Waals surface area contributed by atoms with Crippen molar-refractivity contribution in [1.29, 1.82) is 0 Å². The number of ether oxygens (including phenoxy) is 1. The van der Waals surface area contributed by atoms with Crippen LogP contribution in [0.25, 0.3) is 0 Å². The summed E-state index contributed by atoms with van der Waals surface area (Å²) in [5, 5.41) is 0. The zero-order chi connectivity index (χ0) is 21.6. The van der Waals surface area contributed by atoms with Crippen molar-refractivity contribution in [2.45, 2.75) is 31.7 Å². The van der Waals surface area contributed by atoms with E-state index < -0.39 is 38.6 Å². The topological polar surface area (TPSA) is 114 Å². The molecular formula is C19H22FN3O5S. The molecule has 0 unspecified atom stereocenters. The van der Waals surface area contributed by atoms with Gasteiger partial charge in [-0.15, -0.1) is 0 Å². The number of nitrogens with one attached hydrogen (secondary N) is 3. The Morgan fingerprint density at radius 2 is 1.66 bits per heavy atom. The van der Waals surface area contributed by atoms with E-state index >= 15 is 0 Å². The Kier molecular flexibility index (Phi) is 7.29. The average Bonchev–Trinajstić information content (AvgIpc) is 2.65. The summed E-state index contributed by atoms with van der Waals surface area (Å²) in [6, 6.07) is 9.06. The molecule has 0 saturated carbocycles. The molecule has 0 aliphatic carbocycles. The van der Waals surface area contributed by atoms with E-state index in [1.165, 1.54) is 19.1 Å². The third kappa shape index (κ3) is 6.00. The van der Waals surface area contributed by atoms with Gasteiger partial charge in [-0.1, -0.05) is 30.3 Å². The lowest BCUT2D eigenvalue weighted by Crippen LogP contribution is -2.51. The minimum atomic E-state index is -4.25. The number of hydrogen-bond donors (Lipinski definition) is 3. The number of carbonyl (C=O) groups is 2. The van der Waals surface area contributed by atoms with Gasteiger partial charge >= 0.3 is 0 Å². The molecule has 3 N–H and O–H groups in total. The first-order valence-corrected chi connectivity index (χ1v) is 10.1. The highest BCUT2D eigenvalue weighted by atomic mass is 32.2. The van der Waals surface area contributed by atoms with Crippen molar-refractivity contribution in [3.8, 4) is 5.75 Å². The number of rotatable bonds is 7. The third-order valence-corrected chi connectivity index (χ3v) is 5.51. The van der Waals surface area contributed by atoms with Crippen molar-refractivity contribution in [2.24, 2.45) is 0 Å². The van der Waals surface area contributed by atoms with Crippen LogP contribution in [0.5, 0.6) is 5.75 Å². The fourth-order valence-corrected chi connectivity index (χ4v) is 3.73.